The molecule has 2 atom stereocenters. The highest BCUT2D eigenvalue weighted by Crippen LogP contribution is 2.27. The number of carbonyl (C=O) groups is 1. The fraction of sp³-hybridized carbons (Fsp3) is 0.440. The number of carbonyl (C=O) groups excluding carboxylic acids is 1. The zero-order chi connectivity index (χ0) is 33.0. The number of anilines is 1. The van der Waals surface area contributed by atoms with Gasteiger partial charge in [0.05, 0.1) is 25.2 Å². The summed E-state index contributed by atoms with van der Waals surface area (Å²) in [5, 5.41) is 1.86. The minimum Gasteiger partial charge on any atom is -0.478 e. The van der Waals surface area contributed by atoms with Gasteiger partial charge in [-0.3, -0.25) is 9.59 Å². The van der Waals surface area contributed by atoms with Gasteiger partial charge >= 0.3 is 0 Å². The molecule has 0 bridgehead atoms. The first-order valence-electron chi connectivity index (χ1n) is 15.6. The summed E-state index contributed by atoms with van der Waals surface area (Å²) in [6.45, 7) is -4.92. The molecule has 1 aliphatic rings. The first-order valence-corrected chi connectivity index (χ1v) is 10.9. The number of halogens is 1. The van der Waals surface area contributed by atoms with Crippen LogP contribution in [0.2, 0.25) is 5.02 Å². The first kappa shape index (κ1) is 14.3. The number of aryl methyl sites for hydroxylation is 1. The van der Waals surface area contributed by atoms with Gasteiger partial charge in [-0.05, 0) is 42.0 Å². The Kier molecular flexibility index (Phi) is 4.21. The molecule has 1 aromatic carbocycles. The monoisotopic (exact) mass is 493 g/mol. The maximum absolute atomic E-state index is 13.1. The molecule has 4 rings (SSSR count). The van der Waals surface area contributed by atoms with Crippen molar-refractivity contribution in [2.45, 2.75) is 26.6 Å². The lowest BCUT2D eigenvalue weighted by atomic mass is 9.92. The summed E-state index contributed by atoms with van der Waals surface area (Å²) < 4.78 is 82.9. The van der Waals surface area contributed by atoms with Crippen LogP contribution in [0, 0.1) is 11.8 Å². The molecule has 34 heavy (non-hydrogen) atoms. The number of piperidine rings is 1. The van der Waals surface area contributed by atoms with E-state index in [1.807, 2.05) is 18.7 Å². The van der Waals surface area contributed by atoms with E-state index in [-0.39, 0.29) is 34.2 Å². The van der Waals surface area contributed by atoms with E-state index in [1.54, 1.807) is 6.07 Å². The number of aromatic nitrogens is 3. The Hall–Kier alpha value is -3.13. The summed E-state index contributed by atoms with van der Waals surface area (Å²) in [7, 11) is 0. The lowest BCUT2D eigenvalue weighted by Crippen LogP contribution is -2.39. The van der Waals surface area contributed by atoms with Gasteiger partial charge in [-0.15, -0.1) is 0 Å². The SMILES string of the molecule is [2H]C([2H])([2H])NC(=O)C([2H])([2H])Oc1cc2cc(Cc3nc(N4C[C@@H](C)C([2H])([2H])[C@@H](C)C4)ncc3Cl)ccc2n(C([2H])([2H])[2H])c1=O. The van der Waals surface area contributed by atoms with Crippen LogP contribution in [0.1, 0.15) is 45.2 Å². The number of fused-ring (bicyclic) bond motifs is 1. The van der Waals surface area contributed by atoms with E-state index < -0.39 is 44.1 Å². The molecule has 0 aliphatic carbocycles. The van der Waals surface area contributed by atoms with Gasteiger partial charge in [0.1, 0.15) is 0 Å². The fourth-order valence-electron chi connectivity index (χ4n) is 4.01. The van der Waals surface area contributed by atoms with Crippen LogP contribution in [0.25, 0.3) is 10.9 Å². The molecule has 1 fully saturated rings. The third-order valence-corrected chi connectivity index (χ3v) is 5.73. The van der Waals surface area contributed by atoms with Crippen molar-refractivity contribution in [1.82, 2.24) is 19.9 Å². The molecule has 1 saturated heterocycles. The zero-order valence-electron chi connectivity index (χ0n) is 28.6. The van der Waals surface area contributed by atoms with Gasteiger partial charge in [-0.2, -0.15) is 0 Å². The Morgan fingerprint density at radius 1 is 1.35 bits per heavy atom. The lowest BCUT2D eigenvalue weighted by Gasteiger charge is -2.35. The second-order valence-corrected chi connectivity index (χ2v) is 8.62. The van der Waals surface area contributed by atoms with Crippen LogP contribution in [0.5, 0.6) is 5.75 Å². The molecule has 9 heteroatoms. The van der Waals surface area contributed by atoms with Crippen LogP contribution in [-0.2, 0) is 18.2 Å². The Labute approximate surface area is 218 Å². The molecule has 0 unspecified atom stereocenters. The van der Waals surface area contributed by atoms with Gasteiger partial charge in [0.2, 0.25) is 5.95 Å². The average molecular weight is 494 g/mol. The maximum atomic E-state index is 13.1. The molecule has 2 aromatic heterocycles. The van der Waals surface area contributed by atoms with E-state index in [9.17, 15) is 9.59 Å². The Morgan fingerprint density at radius 3 is 2.88 bits per heavy atom. The smallest absolute Gasteiger partial charge is 0.293 e. The van der Waals surface area contributed by atoms with Crippen LogP contribution in [-0.4, -0.2) is 47.1 Å². The van der Waals surface area contributed by atoms with E-state index in [0.717, 1.165) is 6.07 Å². The predicted octanol–water partition coefficient (Wildman–Crippen LogP) is 3.18. The second-order valence-electron chi connectivity index (χ2n) is 8.22. The predicted molar refractivity (Wildman–Crippen MR) is 134 cm³/mol. The summed E-state index contributed by atoms with van der Waals surface area (Å²) in [4.78, 5) is 36.2. The number of pyridine rings is 1. The summed E-state index contributed by atoms with van der Waals surface area (Å²) >= 11 is 6.42. The summed E-state index contributed by atoms with van der Waals surface area (Å²) in [5.74, 6) is -2.68. The zero-order valence-corrected chi connectivity index (χ0v) is 19.3. The minimum atomic E-state index is -3.33. The van der Waals surface area contributed by atoms with Crippen LogP contribution < -0.4 is 20.5 Å². The molecule has 3 heterocycles. The molecule has 0 saturated carbocycles. The van der Waals surface area contributed by atoms with Gasteiger partial charge < -0.3 is 19.5 Å². The first-order chi connectivity index (χ1) is 20.1. The maximum Gasteiger partial charge on any atom is 0.293 e. The minimum absolute atomic E-state index is 0.0290. The number of nitrogens with one attached hydrogen (secondary N) is 1. The van der Waals surface area contributed by atoms with Gasteiger partial charge in [0, 0.05) is 49.8 Å². The molecule has 0 spiro atoms. The topological polar surface area (TPSA) is 89.3 Å². The average Bonchev–Trinajstić information content (AvgIpc) is 2.87. The van der Waals surface area contributed by atoms with Crippen molar-refractivity contribution in [1.29, 1.82) is 0 Å². The Bertz CT molecular complexity index is 1630. The van der Waals surface area contributed by atoms with E-state index >= 15 is 0 Å². The quantitative estimate of drug-likeness (QED) is 0.567. The summed E-state index contributed by atoms with van der Waals surface area (Å²) in [6.07, 6.45) is 0.256. The highest BCUT2D eigenvalue weighted by atomic mass is 35.5. The summed E-state index contributed by atoms with van der Waals surface area (Å²) in [6, 6.07) is 5.57. The number of nitrogens with zero attached hydrogens (tertiary/aromatic N) is 4. The van der Waals surface area contributed by atoms with Crippen molar-refractivity contribution in [2.75, 3.05) is 31.5 Å². The van der Waals surface area contributed by atoms with Gasteiger partial charge in [-0.25, -0.2) is 9.97 Å². The number of hydrogen-bond acceptors (Lipinski definition) is 6. The molecular weight excluding hydrogens is 454 g/mol. The third-order valence-electron chi connectivity index (χ3n) is 5.42. The van der Waals surface area contributed by atoms with E-state index in [1.165, 1.54) is 23.6 Å². The van der Waals surface area contributed by atoms with Crippen molar-refractivity contribution in [3.05, 3.63) is 57.1 Å². The van der Waals surface area contributed by atoms with Crippen LogP contribution in [0.3, 0.4) is 0 Å². The summed E-state index contributed by atoms with van der Waals surface area (Å²) in [5.41, 5.74) is -0.277. The van der Waals surface area contributed by atoms with E-state index in [0.29, 0.717) is 34.9 Å². The normalized spacial score (nSPS) is 25.2. The standard InChI is InChI=1S/C25H30ClN5O3/c1-15-7-16(2)13-31(12-15)25-28-11-19(26)20(29-25)9-17-5-6-21-18(8-17)10-22(24(33)30(21)4)34-14-23(32)27-3/h5-6,8,10-11,15-16H,7,9,12-14H2,1-4H3,(H,27,32)/t15-,16+/i3D3,4D3,7D2,14D2. The second kappa shape index (κ2) is 10.0. The van der Waals surface area contributed by atoms with Crippen molar-refractivity contribution in [2.24, 2.45) is 18.8 Å². The van der Waals surface area contributed by atoms with Crippen LogP contribution >= 0.6 is 11.6 Å². The lowest BCUT2D eigenvalue weighted by molar-refractivity contribution is -0.122. The molecule has 8 nitrogen and oxygen atoms in total. The van der Waals surface area contributed by atoms with E-state index in [2.05, 4.69) is 9.97 Å². The highest BCUT2D eigenvalue weighted by molar-refractivity contribution is 6.31. The van der Waals surface area contributed by atoms with E-state index in [4.69, 9.17) is 30.0 Å². The van der Waals surface area contributed by atoms with Crippen molar-refractivity contribution >= 4 is 34.4 Å². The van der Waals surface area contributed by atoms with Crippen molar-refractivity contribution < 1.29 is 23.2 Å². The molecule has 1 N–H and O–H groups in total. The number of rotatable bonds is 6. The van der Waals surface area contributed by atoms with Crippen molar-refractivity contribution in [3.63, 3.8) is 0 Å². The number of hydrogen-bond donors (Lipinski definition) is 1. The number of likely N-dealkylation sites (N-methyl/N-ethyl adjacent to an activating group) is 1. The highest BCUT2D eigenvalue weighted by Gasteiger charge is 2.24. The number of ether oxygens (including phenoxy) is 1. The van der Waals surface area contributed by atoms with Gasteiger partial charge in [0.25, 0.3) is 11.5 Å². The molecular formula is C25H30ClN5O3. The molecule has 1 aliphatic heterocycles. The fourth-order valence-corrected chi connectivity index (χ4v) is 4.17. The number of amides is 1. The molecule has 0 radical (unpaired) electrons. The molecule has 180 valence electrons. The molecule has 1 amide bonds. The van der Waals surface area contributed by atoms with Gasteiger partial charge in [-0.1, -0.05) is 31.5 Å². The van der Waals surface area contributed by atoms with Crippen molar-refractivity contribution in [3.8, 4) is 5.75 Å². The molecule has 3 aromatic rings. The Morgan fingerprint density at radius 2 is 2.15 bits per heavy atom. The van der Waals surface area contributed by atoms with Crippen LogP contribution in [0.15, 0.2) is 35.3 Å². The Balaban J connectivity index is 1.71. The van der Waals surface area contributed by atoms with Crippen LogP contribution in [0.4, 0.5) is 5.95 Å². The van der Waals surface area contributed by atoms with Gasteiger partial charge in [0.15, 0.2) is 12.3 Å². The third kappa shape index (κ3) is 5.17. The largest absolute Gasteiger partial charge is 0.478 e. The number of benzene rings is 1.